The van der Waals surface area contributed by atoms with Gasteiger partial charge in [-0.1, -0.05) is 0 Å². The van der Waals surface area contributed by atoms with Gasteiger partial charge < -0.3 is 20.2 Å². The average molecular weight is 336 g/mol. The van der Waals surface area contributed by atoms with Gasteiger partial charge in [0.1, 0.15) is 11.4 Å². The van der Waals surface area contributed by atoms with Crippen molar-refractivity contribution in [2.75, 3.05) is 26.2 Å². The molecule has 1 aliphatic carbocycles. The SMILES string of the molecule is CCNC(=NCC(C)(O)c1ccco1)NCCN(C(C)C)C1CC1. The van der Waals surface area contributed by atoms with Crippen LogP contribution >= 0.6 is 0 Å². The molecule has 2 rings (SSSR count). The van der Waals surface area contributed by atoms with Gasteiger partial charge in [0, 0.05) is 31.7 Å². The normalized spacial score (nSPS) is 18.0. The molecule has 3 N–H and O–H groups in total. The number of guanidine groups is 1. The van der Waals surface area contributed by atoms with Gasteiger partial charge in [-0.3, -0.25) is 4.90 Å². The van der Waals surface area contributed by atoms with Crippen LogP contribution < -0.4 is 10.6 Å². The second-order valence-electron chi connectivity index (χ2n) is 6.94. The van der Waals surface area contributed by atoms with E-state index in [1.165, 1.54) is 12.8 Å². The summed E-state index contributed by atoms with van der Waals surface area (Å²) in [6, 6.07) is 4.87. The lowest BCUT2D eigenvalue weighted by Crippen LogP contribution is -2.44. The molecule has 1 fully saturated rings. The first-order chi connectivity index (χ1) is 11.4. The monoisotopic (exact) mass is 336 g/mol. The molecule has 1 aromatic rings. The molecule has 1 aliphatic rings. The van der Waals surface area contributed by atoms with E-state index in [0.717, 1.165) is 31.6 Å². The van der Waals surface area contributed by atoms with Crippen molar-refractivity contribution < 1.29 is 9.52 Å². The highest BCUT2D eigenvalue weighted by Crippen LogP contribution is 2.27. The fourth-order valence-electron chi connectivity index (χ4n) is 2.81. The van der Waals surface area contributed by atoms with Crippen LogP contribution in [0.15, 0.2) is 27.8 Å². The molecule has 0 radical (unpaired) electrons. The predicted molar refractivity (Wildman–Crippen MR) is 97.1 cm³/mol. The maximum absolute atomic E-state index is 10.5. The molecule has 0 spiro atoms. The molecule has 1 unspecified atom stereocenters. The predicted octanol–water partition coefficient (Wildman–Crippen LogP) is 1.91. The minimum absolute atomic E-state index is 0.242. The molecule has 0 amide bonds. The average Bonchev–Trinajstić information content (AvgIpc) is 3.19. The third-order valence-electron chi connectivity index (χ3n) is 4.28. The maximum atomic E-state index is 10.5. The zero-order chi connectivity index (χ0) is 17.6. The summed E-state index contributed by atoms with van der Waals surface area (Å²) in [4.78, 5) is 7.05. The summed E-state index contributed by atoms with van der Waals surface area (Å²) in [5.41, 5.74) is -1.11. The van der Waals surface area contributed by atoms with Crippen molar-refractivity contribution in [2.24, 2.45) is 4.99 Å². The van der Waals surface area contributed by atoms with Crippen LogP contribution in [-0.4, -0.2) is 54.2 Å². The summed E-state index contributed by atoms with van der Waals surface area (Å²) in [6.07, 6.45) is 4.20. The molecule has 0 aromatic carbocycles. The van der Waals surface area contributed by atoms with Crippen LogP contribution in [0.4, 0.5) is 0 Å². The first-order valence-electron chi connectivity index (χ1n) is 8.98. The van der Waals surface area contributed by atoms with Crippen LogP contribution in [0.3, 0.4) is 0 Å². The number of nitrogens with zero attached hydrogens (tertiary/aromatic N) is 2. The lowest BCUT2D eigenvalue weighted by Gasteiger charge is -2.26. The van der Waals surface area contributed by atoms with Crippen molar-refractivity contribution in [2.45, 2.75) is 58.2 Å². The molecule has 6 heteroatoms. The maximum Gasteiger partial charge on any atom is 0.191 e. The molecule has 6 nitrogen and oxygen atoms in total. The summed E-state index contributed by atoms with van der Waals surface area (Å²) < 4.78 is 5.30. The van der Waals surface area contributed by atoms with Gasteiger partial charge in [0.25, 0.3) is 0 Å². The largest absolute Gasteiger partial charge is 0.466 e. The van der Waals surface area contributed by atoms with E-state index in [4.69, 9.17) is 4.42 Å². The molecule has 24 heavy (non-hydrogen) atoms. The Labute approximate surface area is 145 Å². The standard InChI is InChI=1S/C18H32N4O2/c1-5-19-17(20-10-11-22(14(2)3)15-8-9-15)21-13-18(4,23)16-7-6-12-24-16/h6-7,12,14-15,23H,5,8-11,13H2,1-4H3,(H2,19,20,21). The zero-order valence-corrected chi connectivity index (χ0v) is 15.4. The Morgan fingerprint density at radius 3 is 2.75 bits per heavy atom. The van der Waals surface area contributed by atoms with Crippen molar-refractivity contribution in [1.82, 2.24) is 15.5 Å². The number of furan rings is 1. The van der Waals surface area contributed by atoms with Crippen molar-refractivity contribution in [3.05, 3.63) is 24.2 Å². The Balaban J connectivity index is 1.86. The van der Waals surface area contributed by atoms with E-state index >= 15 is 0 Å². The number of hydrogen-bond acceptors (Lipinski definition) is 4. The lowest BCUT2D eigenvalue weighted by atomic mass is 10.0. The summed E-state index contributed by atoms with van der Waals surface area (Å²) >= 11 is 0. The smallest absolute Gasteiger partial charge is 0.191 e. The molecule has 136 valence electrons. The Morgan fingerprint density at radius 2 is 2.21 bits per heavy atom. The van der Waals surface area contributed by atoms with Crippen LogP contribution in [-0.2, 0) is 5.60 Å². The fraction of sp³-hybridized carbons (Fsp3) is 0.722. The molecule has 1 aromatic heterocycles. The number of hydrogen-bond donors (Lipinski definition) is 3. The molecule has 0 bridgehead atoms. The highest BCUT2D eigenvalue weighted by atomic mass is 16.4. The van der Waals surface area contributed by atoms with Gasteiger partial charge in [-0.25, -0.2) is 4.99 Å². The Hall–Kier alpha value is -1.53. The van der Waals surface area contributed by atoms with E-state index < -0.39 is 5.60 Å². The zero-order valence-electron chi connectivity index (χ0n) is 15.4. The van der Waals surface area contributed by atoms with Gasteiger partial charge in [0.2, 0.25) is 0 Å². The lowest BCUT2D eigenvalue weighted by molar-refractivity contribution is 0.0437. The molecule has 0 aliphatic heterocycles. The van der Waals surface area contributed by atoms with Gasteiger partial charge >= 0.3 is 0 Å². The highest BCUT2D eigenvalue weighted by Gasteiger charge is 2.30. The Kier molecular flexibility index (Phi) is 6.69. The third kappa shape index (κ3) is 5.53. The van der Waals surface area contributed by atoms with E-state index in [0.29, 0.717) is 11.8 Å². The van der Waals surface area contributed by atoms with E-state index in [1.807, 2.05) is 6.92 Å². The van der Waals surface area contributed by atoms with Gasteiger partial charge in [0.05, 0.1) is 12.8 Å². The van der Waals surface area contributed by atoms with Gasteiger partial charge in [-0.2, -0.15) is 0 Å². The van der Waals surface area contributed by atoms with Crippen LogP contribution in [0.2, 0.25) is 0 Å². The minimum Gasteiger partial charge on any atom is -0.466 e. The Morgan fingerprint density at radius 1 is 1.46 bits per heavy atom. The first-order valence-corrected chi connectivity index (χ1v) is 8.98. The summed E-state index contributed by atoms with van der Waals surface area (Å²) in [7, 11) is 0. The quantitative estimate of drug-likeness (QED) is 0.475. The molecule has 0 saturated heterocycles. The number of aliphatic hydroxyl groups is 1. The van der Waals surface area contributed by atoms with E-state index in [1.54, 1.807) is 25.3 Å². The topological polar surface area (TPSA) is 73.0 Å². The van der Waals surface area contributed by atoms with Crippen molar-refractivity contribution in [3.8, 4) is 0 Å². The van der Waals surface area contributed by atoms with Crippen LogP contribution in [0.25, 0.3) is 0 Å². The first kappa shape index (κ1) is 18.8. The Bertz CT molecular complexity index is 505. The minimum atomic E-state index is -1.11. The second-order valence-corrected chi connectivity index (χ2v) is 6.94. The second kappa shape index (κ2) is 8.53. The van der Waals surface area contributed by atoms with Gasteiger partial charge in [-0.15, -0.1) is 0 Å². The van der Waals surface area contributed by atoms with E-state index in [2.05, 4.69) is 34.4 Å². The summed E-state index contributed by atoms with van der Waals surface area (Å²) in [5, 5.41) is 17.1. The number of nitrogens with one attached hydrogen (secondary N) is 2. The summed E-state index contributed by atoms with van der Waals surface area (Å²) in [6.45, 7) is 11.1. The third-order valence-corrected chi connectivity index (χ3v) is 4.28. The van der Waals surface area contributed by atoms with Gasteiger partial charge in [0.15, 0.2) is 5.96 Å². The summed E-state index contributed by atoms with van der Waals surface area (Å²) in [5.74, 6) is 1.26. The molecule has 1 atom stereocenters. The van der Waals surface area contributed by atoms with E-state index in [-0.39, 0.29) is 6.54 Å². The van der Waals surface area contributed by atoms with Crippen molar-refractivity contribution >= 4 is 5.96 Å². The molecular formula is C18H32N4O2. The molecule has 1 heterocycles. The highest BCUT2D eigenvalue weighted by molar-refractivity contribution is 5.79. The van der Waals surface area contributed by atoms with Crippen LogP contribution in [0, 0.1) is 0 Å². The van der Waals surface area contributed by atoms with Crippen molar-refractivity contribution in [3.63, 3.8) is 0 Å². The number of rotatable bonds is 9. The van der Waals surface area contributed by atoms with Gasteiger partial charge in [-0.05, 0) is 52.7 Å². The number of aliphatic imine (C=N–C) groups is 1. The fourth-order valence-corrected chi connectivity index (χ4v) is 2.81. The van der Waals surface area contributed by atoms with Crippen LogP contribution in [0.5, 0.6) is 0 Å². The van der Waals surface area contributed by atoms with Crippen LogP contribution in [0.1, 0.15) is 46.3 Å². The molecule has 1 saturated carbocycles. The molecular weight excluding hydrogens is 304 g/mol. The van der Waals surface area contributed by atoms with E-state index in [9.17, 15) is 5.11 Å². The van der Waals surface area contributed by atoms with Crippen molar-refractivity contribution in [1.29, 1.82) is 0 Å².